The van der Waals surface area contributed by atoms with Gasteiger partial charge in [0, 0.05) is 37.3 Å². The third-order valence-corrected chi connectivity index (χ3v) is 6.11. The number of hydrogen-bond acceptors (Lipinski definition) is 4. The Morgan fingerprint density at radius 2 is 1.68 bits per heavy atom. The topological polar surface area (TPSA) is 65.5 Å². The van der Waals surface area contributed by atoms with E-state index in [0.29, 0.717) is 31.9 Å². The number of amides is 3. The van der Waals surface area contributed by atoms with Gasteiger partial charge in [-0.3, -0.25) is 4.79 Å². The van der Waals surface area contributed by atoms with Crippen LogP contribution in [0.5, 0.6) is 0 Å². The number of rotatable bonds is 2. The van der Waals surface area contributed by atoms with Crippen molar-refractivity contribution in [2.75, 3.05) is 31.5 Å². The number of carbonyl (C=O) groups is 2. The van der Waals surface area contributed by atoms with Gasteiger partial charge >= 0.3 is 6.03 Å². The van der Waals surface area contributed by atoms with Crippen molar-refractivity contribution in [3.05, 3.63) is 59.3 Å². The van der Waals surface area contributed by atoms with Crippen LogP contribution in [-0.2, 0) is 0 Å². The Balaban J connectivity index is 1.39. The molecule has 0 atom stereocenters. The highest BCUT2D eigenvalue weighted by Gasteiger charge is 2.27. The first-order valence-electron chi connectivity index (χ1n) is 9.30. The molecule has 1 aliphatic heterocycles. The number of aryl methyl sites for hydroxylation is 1. The smallest absolute Gasteiger partial charge is 0.321 e. The Bertz CT molecular complexity index is 1040. The minimum Gasteiger partial charge on any atom is -0.334 e. The van der Waals surface area contributed by atoms with Crippen molar-refractivity contribution < 1.29 is 9.59 Å². The van der Waals surface area contributed by atoms with E-state index in [1.807, 2.05) is 56.3 Å². The lowest BCUT2D eigenvalue weighted by atomic mass is 10.1. The molecule has 0 saturated carbocycles. The molecule has 144 valence electrons. The summed E-state index contributed by atoms with van der Waals surface area (Å²) in [6, 6.07) is 13.5. The van der Waals surface area contributed by atoms with Gasteiger partial charge in [-0.2, -0.15) is 4.37 Å². The molecule has 1 aliphatic rings. The quantitative estimate of drug-likeness (QED) is 0.717. The average molecular weight is 395 g/mol. The normalized spacial score (nSPS) is 14.4. The van der Waals surface area contributed by atoms with E-state index in [1.54, 1.807) is 9.80 Å². The molecule has 7 heteroatoms. The highest BCUT2D eigenvalue weighted by atomic mass is 32.1. The fraction of sp³-hybridized carbons (Fsp3) is 0.286. The van der Waals surface area contributed by atoms with Crippen LogP contribution in [0.3, 0.4) is 0 Å². The van der Waals surface area contributed by atoms with Crippen molar-refractivity contribution in [1.82, 2.24) is 14.2 Å². The van der Waals surface area contributed by atoms with Crippen LogP contribution >= 0.6 is 11.5 Å². The number of anilines is 1. The molecule has 1 fully saturated rings. The lowest BCUT2D eigenvalue weighted by Gasteiger charge is -2.34. The van der Waals surface area contributed by atoms with Gasteiger partial charge in [-0.25, -0.2) is 4.79 Å². The molecular weight excluding hydrogens is 372 g/mol. The highest BCUT2D eigenvalue weighted by molar-refractivity contribution is 7.13. The summed E-state index contributed by atoms with van der Waals surface area (Å²) in [6.45, 7) is 6.04. The molecule has 28 heavy (non-hydrogen) atoms. The Hall–Kier alpha value is -2.93. The van der Waals surface area contributed by atoms with Gasteiger partial charge in [0.1, 0.15) is 5.69 Å². The maximum atomic E-state index is 12.9. The summed E-state index contributed by atoms with van der Waals surface area (Å²) in [5, 5.41) is 3.89. The van der Waals surface area contributed by atoms with Crippen LogP contribution in [0.1, 0.15) is 21.6 Å². The largest absolute Gasteiger partial charge is 0.334 e. The maximum Gasteiger partial charge on any atom is 0.321 e. The molecule has 3 aromatic rings. The lowest BCUT2D eigenvalue weighted by molar-refractivity contribution is 0.0669. The van der Waals surface area contributed by atoms with Crippen molar-refractivity contribution in [2.45, 2.75) is 13.8 Å². The van der Waals surface area contributed by atoms with Gasteiger partial charge < -0.3 is 15.1 Å². The zero-order valence-corrected chi connectivity index (χ0v) is 16.8. The summed E-state index contributed by atoms with van der Waals surface area (Å²) >= 11 is 1.34. The Morgan fingerprint density at radius 3 is 2.46 bits per heavy atom. The summed E-state index contributed by atoms with van der Waals surface area (Å²) in [4.78, 5) is 29.0. The number of fused-ring (bicyclic) bond motifs is 1. The van der Waals surface area contributed by atoms with Crippen molar-refractivity contribution in [3.63, 3.8) is 0 Å². The molecule has 0 aliphatic carbocycles. The molecule has 0 radical (unpaired) electrons. The van der Waals surface area contributed by atoms with Crippen molar-refractivity contribution >= 4 is 39.2 Å². The molecule has 0 bridgehead atoms. The van der Waals surface area contributed by atoms with Crippen molar-refractivity contribution in [2.24, 2.45) is 0 Å². The van der Waals surface area contributed by atoms with E-state index in [2.05, 4.69) is 9.69 Å². The summed E-state index contributed by atoms with van der Waals surface area (Å²) < 4.78 is 5.37. The fourth-order valence-electron chi connectivity index (χ4n) is 3.38. The zero-order chi connectivity index (χ0) is 19.7. The maximum absolute atomic E-state index is 12.9. The number of nitrogens with one attached hydrogen (secondary N) is 1. The molecule has 1 N–H and O–H groups in total. The van der Waals surface area contributed by atoms with E-state index in [0.717, 1.165) is 26.9 Å². The molecule has 1 aromatic heterocycles. The number of hydrogen-bond donors (Lipinski definition) is 1. The van der Waals surface area contributed by atoms with Crippen LogP contribution in [0.4, 0.5) is 10.5 Å². The first kappa shape index (κ1) is 18.4. The van der Waals surface area contributed by atoms with Crippen molar-refractivity contribution in [3.8, 4) is 0 Å². The van der Waals surface area contributed by atoms with Gasteiger partial charge in [0.15, 0.2) is 0 Å². The Kier molecular flexibility index (Phi) is 5.00. The van der Waals surface area contributed by atoms with Gasteiger partial charge in [-0.05, 0) is 48.6 Å². The third kappa shape index (κ3) is 3.45. The molecule has 3 amide bonds. The van der Waals surface area contributed by atoms with E-state index >= 15 is 0 Å². The number of aromatic nitrogens is 1. The van der Waals surface area contributed by atoms with Crippen LogP contribution in [0.2, 0.25) is 0 Å². The molecule has 1 saturated heterocycles. The number of piperazine rings is 1. The summed E-state index contributed by atoms with van der Waals surface area (Å²) in [7, 11) is 0. The van der Waals surface area contributed by atoms with E-state index in [-0.39, 0.29) is 11.9 Å². The number of benzene rings is 2. The van der Waals surface area contributed by atoms with Gasteiger partial charge in [-0.1, -0.05) is 30.3 Å². The Labute approximate surface area is 167 Å². The second-order valence-corrected chi connectivity index (χ2v) is 7.79. The van der Waals surface area contributed by atoms with Gasteiger partial charge in [0.2, 0.25) is 0 Å². The summed E-state index contributed by atoms with van der Waals surface area (Å²) in [5.41, 5.74) is 3.55. The number of nitrogens with zero attached hydrogens (tertiary/aromatic N) is 3. The number of urea groups is 1. The first-order valence-corrected chi connectivity index (χ1v) is 10.1. The predicted octanol–water partition coefficient (Wildman–Crippen LogP) is 3.90. The SMILES string of the molecule is Cc1cccc(NC(=O)N2CCN(C(=O)c3nsc4ccccc34)CC2)c1C. The second kappa shape index (κ2) is 7.59. The molecule has 0 spiro atoms. The van der Waals surface area contributed by atoms with Crippen LogP contribution in [0, 0.1) is 13.8 Å². The first-order chi connectivity index (χ1) is 13.5. The number of carbonyl (C=O) groups excluding carboxylic acids is 2. The standard InChI is InChI=1S/C21H22N4O2S/c1-14-6-5-8-17(15(14)2)22-21(27)25-12-10-24(11-13-25)20(26)19-16-7-3-4-9-18(16)28-23-19/h3-9H,10-13H2,1-2H3,(H,22,27). The average Bonchev–Trinajstić information content (AvgIpc) is 3.15. The van der Waals surface area contributed by atoms with Crippen LogP contribution < -0.4 is 5.32 Å². The van der Waals surface area contributed by atoms with Gasteiger partial charge in [-0.15, -0.1) is 0 Å². The van der Waals surface area contributed by atoms with E-state index < -0.39 is 0 Å². The molecule has 6 nitrogen and oxygen atoms in total. The Morgan fingerprint density at radius 1 is 0.964 bits per heavy atom. The van der Waals surface area contributed by atoms with Gasteiger partial charge in [0.25, 0.3) is 5.91 Å². The molecular formula is C21H22N4O2S. The van der Waals surface area contributed by atoms with Crippen molar-refractivity contribution in [1.29, 1.82) is 0 Å². The third-order valence-electron chi connectivity index (χ3n) is 5.28. The summed E-state index contributed by atoms with van der Waals surface area (Å²) in [5.74, 6) is -0.0629. The molecule has 2 aromatic carbocycles. The lowest BCUT2D eigenvalue weighted by Crippen LogP contribution is -2.51. The fourth-order valence-corrected chi connectivity index (χ4v) is 4.15. The van der Waals surface area contributed by atoms with E-state index in [1.165, 1.54) is 11.5 Å². The zero-order valence-electron chi connectivity index (χ0n) is 15.9. The minimum absolute atomic E-state index is 0.0629. The second-order valence-electron chi connectivity index (χ2n) is 6.98. The monoisotopic (exact) mass is 394 g/mol. The van der Waals surface area contributed by atoms with Crippen LogP contribution in [0.25, 0.3) is 10.1 Å². The highest BCUT2D eigenvalue weighted by Crippen LogP contribution is 2.24. The molecule has 0 unspecified atom stereocenters. The van der Waals surface area contributed by atoms with E-state index in [9.17, 15) is 9.59 Å². The van der Waals surface area contributed by atoms with Crippen LogP contribution in [0.15, 0.2) is 42.5 Å². The molecule has 2 heterocycles. The molecule has 4 rings (SSSR count). The van der Waals surface area contributed by atoms with Gasteiger partial charge in [0.05, 0.1) is 4.70 Å². The van der Waals surface area contributed by atoms with E-state index in [4.69, 9.17) is 0 Å². The van der Waals surface area contributed by atoms with Crippen LogP contribution in [-0.4, -0.2) is 52.3 Å². The predicted molar refractivity (Wildman–Crippen MR) is 112 cm³/mol. The summed E-state index contributed by atoms with van der Waals surface area (Å²) in [6.07, 6.45) is 0. The minimum atomic E-state index is -0.125.